The lowest BCUT2D eigenvalue weighted by Gasteiger charge is -2.23. The smallest absolute Gasteiger partial charge is 0.308 e. The van der Waals surface area contributed by atoms with Gasteiger partial charge < -0.3 is 5.32 Å². The lowest BCUT2D eigenvalue weighted by atomic mass is 9.86. The van der Waals surface area contributed by atoms with E-state index in [1.807, 2.05) is 33.8 Å². The van der Waals surface area contributed by atoms with Crippen molar-refractivity contribution < 1.29 is 22.8 Å². The Bertz CT molecular complexity index is 1800. The average molecular weight is 688 g/mol. The largest absolute Gasteiger partial charge is 0.433 e. The van der Waals surface area contributed by atoms with Gasteiger partial charge in [-0.15, -0.1) is 0 Å². The van der Waals surface area contributed by atoms with Crippen LogP contribution in [0.1, 0.15) is 124 Å². The number of ketones is 1. The Hall–Kier alpha value is -4.39. The highest BCUT2D eigenvalue weighted by Gasteiger charge is 2.44. The van der Waals surface area contributed by atoms with Gasteiger partial charge in [0.1, 0.15) is 34.6 Å². The van der Waals surface area contributed by atoms with Gasteiger partial charge in [0.25, 0.3) is 5.91 Å². The van der Waals surface area contributed by atoms with Crippen molar-refractivity contribution in [2.75, 3.05) is 0 Å². The van der Waals surface area contributed by atoms with E-state index >= 15 is 0 Å². The maximum Gasteiger partial charge on any atom is 0.433 e. The molecule has 1 N–H and O–H groups in total. The first-order chi connectivity index (χ1) is 23.5. The third kappa shape index (κ3) is 9.04. The number of carbonyl (C=O) groups is 2. The van der Waals surface area contributed by atoms with Crippen LogP contribution < -0.4 is 5.32 Å². The zero-order valence-corrected chi connectivity index (χ0v) is 30.4. The van der Waals surface area contributed by atoms with E-state index in [4.69, 9.17) is 10.3 Å². The van der Waals surface area contributed by atoms with E-state index in [2.05, 4.69) is 61.2 Å². The molecule has 0 spiro atoms. The number of hydrogen-bond donors (Lipinski definition) is 1. The quantitative estimate of drug-likeness (QED) is 0.216. The minimum absolute atomic E-state index is 0.0127. The summed E-state index contributed by atoms with van der Waals surface area (Å²) in [7, 11) is 0. The van der Waals surface area contributed by atoms with Crippen molar-refractivity contribution in [1.82, 2.24) is 15.3 Å². The van der Waals surface area contributed by atoms with Gasteiger partial charge in [0.2, 0.25) is 0 Å². The van der Waals surface area contributed by atoms with Crippen LogP contribution in [0.2, 0.25) is 0 Å². The van der Waals surface area contributed by atoms with Gasteiger partial charge in [-0.1, -0.05) is 53.2 Å². The van der Waals surface area contributed by atoms with Crippen molar-refractivity contribution in [3.05, 3.63) is 81.4 Å². The highest BCUT2D eigenvalue weighted by atomic mass is 19.4. The molecular weight excluding hydrogens is 639 g/mol. The zero-order chi connectivity index (χ0) is 37.0. The number of carbonyl (C=O) groups excluding carboxylic acids is 2. The van der Waals surface area contributed by atoms with Crippen molar-refractivity contribution in [2.45, 2.75) is 118 Å². The predicted octanol–water partition coefficient (Wildman–Crippen LogP) is 9.14. The predicted molar refractivity (Wildman–Crippen MR) is 190 cm³/mol. The molecule has 10 heteroatoms. The van der Waals surface area contributed by atoms with Crippen LogP contribution in [0.5, 0.6) is 0 Å². The van der Waals surface area contributed by atoms with Crippen LogP contribution in [0.25, 0.3) is 11.1 Å². The second-order valence-electron chi connectivity index (χ2n) is 14.4. The molecule has 7 nitrogen and oxygen atoms in total. The van der Waals surface area contributed by atoms with Gasteiger partial charge in [0.15, 0.2) is 0 Å². The Morgan fingerprint density at radius 3 is 2.22 bits per heavy atom. The van der Waals surface area contributed by atoms with E-state index in [-0.39, 0.29) is 23.5 Å². The van der Waals surface area contributed by atoms with E-state index in [9.17, 15) is 22.8 Å². The van der Waals surface area contributed by atoms with Crippen LogP contribution in [0, 0.1) is 43.9 Å². The summed E-state index contributed by atoms with van der Waals surface area (Å²) in [6, 6.07) is 10.6. The van der Waals surface area contributed by atoms with Gasteiger partial charge in [-0.3, -0.25) is 14.6 Å². The highest BCUT2D eigenvalue weighted by molar-refractivity contribution is 6.15. The fourth-order valence-corrected chi connectivity index (χ4v) is 6.39. The van der Waals surface area contributed by atoms with E-state index in [0.717, 1.165) is 65.1 Å². The van der Waals surface area contributed by atoms with Crippen molar-refractivity contribution in [2.24, 2.45) is 16.8 Å². The third-order valence-corrected chi connectivity index (χ3v) is 9.30. The monoisotopic (exact) mass is 687 g/mol. The Labute approximate surface area is 293 Å². The number of benzene rings is 1. The number of aryl methyl sites for hydroxylation is 3. The minimum Gasteiger partial charge on any atom is -0.308 e. The van der Waals surface area contributed by atoms with Crippen LogP contribution in [-0.2, 0) is 22.2 Å². The van der Waals surface area contributed by atoms with Crippen molar-refractivity contribution in [1.29, 1.82) is 5.26 Å². The first-order valence-corrected chi connectivity index (χ1v) is 17.5. The molecule has 2 aromatic heterocycles. The number of amidine groups is 1. The van der Waals surface area contributed by atoms with Crippen molar-refractivity contribution in [3.8, 4) is 17.2 Å². The molecule has 266 valence electrons. The molecule has 0 saturated heterocycles. The highest BCUT2D eigenvalue weighted by Crippen LogP contribution is 2.43. The Kier molecular flexibility index (Phi) is 12.0. The number of halogens is 3. The van der Waals surface area contributed by atoms with Crippen LogP contribution in [0.15, 0.2) is 41.5 Å². The van der Waals surface area contributed by atoms with Crippen LogP contribution in [0.3, 0.4) is 0 Å². The van der Waals surface area contributed by atoms with E-state index < -0.39 is 17.4 Å². The van der Waals surface area contributed by atoms with Crippen molar-refractivity contribution >= 4 is 17.5 Å². The van der Waals surface area contributed by atoms with E-state index in [1.54, 1.807) is 6.20 Å². The Morgan fingerprint density at radius 1 is 1.04 bits per heavy atom. The normalized spacial score (nSPS) is 17.3. The zero-order valence-electron chi connectivity index (χ0n) is 30.4. The third-order valence-electron chi connectivity index (χ3n) is 9.30. The number of nitriles is 1. The first-order valence-electron chi connectivity index (χ1n) is 17.5. The SMILES string of the molecule is CCCC1(CCC(C)C)N=C(c2ccc(C(F)(F)F)nc2C2CC2)NC1=O.Cc1cc(-c2c(C)cc(CC(=O)C(C)C)cc2C)cnc1C#N. The van der Waals surface area contributed by atoms with Gasteiger partial charge >= 0.3 is 6.18 Å². The molecule has 0 bridgehead atoms. The number of alkyl halides is 3. The molecule has 1 saturated carbocycles. The van der Waals surface area contributed by atoms with Gasteiger partial charge in [0, 0.05) is 35.6 Å². The fourth-order valence-electron chi connectivity index (χ4n) is 6.39. The molecule has 3 heterocycles. The van der Waals surface area contributed by atoms with E-state index in [1.165, 1.54) is 6.07 Å². The van der Waals surface area contributed by atoms with Crippen LogP contribution >= 0.6 is 0 Å². The average Bonchev–Trinajstić information content (AvgIpc) is 3.83. The van der Waals surface area contributed by atoms with Gasteiger partial charge in [-0.05, 0) is 105 Å². The molecular formula is C40H48F3N5O2. The molecule has 1 unspecified atom stereocenters. The molecule has 1 aromatic carbocycles. The maximum absolute atomic E-state index is 13.1. The number of aromatic nitrogens is 2. The summed E-state index contributed by atoms with van der Waals surface area (Å²) in [6.45, 7) is 16.1. The summed E-state index contributed by atoms with van der Waals surface area (Å²) >= 11 is 0. The molecule has 2 aliphatic rings. The number of nitrogens with one attached hydrogen (secondary N) is 1. The summed E-state index contributed by atoms with van der Waals surface area (Å²) in [5.41, 5.74) is 6.01. The lowest BCUT2D eigenvalue weighted by molar-refractivity contribution is -0.141. The number of nitrogens with zero attached hydrogens (tertiary/aromatic N) is 4. The topological polar surface area (TPSA) is 108 Å². The number of hydrogen-bond acceptors (Lipinski definition) is 6. The minimum atomic E-state index is -4.48. The second-order valence-corrected chi connectivity index (χ2v) is 14.4. The Morgan fingerprint density at radius 2 is 1.70 bits per heavy atom. The maximum atomic E-state index is 13.1. The molecule has 1 aliphatic carbocycles. The van der Waals surface area contributed by atoms with Crippen LogP contribution in [-0.4, -0.2) is 33.0 Å². The number of rotatable bonds is 11. The molecule has 1 amide bonds. The van der Waals surface area contributed by atoms with Gasteiger partial charge in [-0.25, -0.2) is 9.97 Å². The molecule has 1 atom stereocenters. The standard InChI is InChI=1S/C20H26F3N3O.C20H22N2O/c1-4-10-19(11-9-12(2)3)18(27)25-17(26-19)14-7-8-15(20(21,22)23)24-16(14)13-5-6-13;1-12(2)19(23)9-16-6-14(4)20(15(5)7-16)17-8-13(3)18(10-21)22-11-17/h7-8,12-13H,4-6,9-11H2,1-3H3,(H,25,26,27);6-8,11-12H,9H2,1-5H3. The molecule has 50 heavy (non-hydrogen) atoms. The van der Waals surface area contributed by atoms with Crippen molar-refractivity contribution in [3.63, 3.8) is 0 Å². The number of Topliss-reactive ketones (excluding diaryl/α,β-unsaturated/α-hetero) is 1. The summed E-state index contributed by atoms with van der Waals surface area (Å²) in [6.07, 6.45) is 2.32. The lowest BCUT2D eigenvalue weighted by Crippen LogP contribution is -2.40. The summed E-state index contributed by atoms with van der Waals surface area (Å²) < 4.78 is 39.2. The summed E-state index contributed by atoms with van der Waals surface area (Å²) in [5, 5.41) is 11.9. The van der Waals surface area contributed by atoms with E-state index in [0.29, 0.717) is 48.0 Å². The summed E-state index contributed by atoms with van der Waals surface area (Å²) in [5.74, 6) is 0.995. The summed E-state index contributed by atoms with van der Waals surface area (Å²) in [4.78, 5) is 37.6. The van der Waals surface area contributed by atoms with Gasteiger partial charge in [-0.2, -0.15) is 18.4 Å². The van der Waals surface area contributed by atoms with Crippen LogP contribution in [0.4, 0.5) is 13.2 Å². The van der Waals surface area contributed by atoms with Gasteiger partial charge in [0.05, 0.1) is 5.69 Å². The first kappa shape index (κ1) is 38.4. The number of aliphatic imine (C=N–C) groups is 1. The number of pyridine rings is 2. The molecule has 5 rings (SSSR count). The molecule has 1 aliphatic heterocycles. The Balaban J connectivity index is 0.000000228. The number of amides is 1. The molecule has 3 aromatic rings. The second kappa shape index (κ2) is 15.7. The molecule has 1 fully saturated rings. The molecule has 0 radical (unpaired) electrons. The fraction of sp³-hybridized carbons (Fsp3) is 0.500.